The Morgan fingerprint density at radius 2 is 2.13 bits per heavy atom. The third-order valence-corrected chi connectivity index (χ3v) is 4.88. The van der Waals surface area contributed by atoms with Crippen LogP contribution in [0, 0.1) is 5.92 Å². The molecule has 2 aromatic heterocycles. The van der Waals surface area contributed by atoms with Gasteiger partial charge in [0.25, 0.3) is 0 Å². The van der Waals surface area contributed by atoms with Crippen molar-refractivity contribution in [1.29, 1.82) is 0 Å². The smallest absolute Gasteiger partial charge is 0.163 e. The van der Waals surface area contributed by atoms with Crippen molar-refractivity contribution in [1.82, 2.24) is 14.5 Å². The molecule has 1 aliphatic carbocycles. The number of rotatable bonds is 3. The summed E-state index contributed by atoms with van der Waals surface area (Å²) in [6.07, 6.45) is 6.66. The highest BCUT2D eigenvalue weighted by Gasteiger charge is 2.53. The van der Waals surface area contributed by atoms with E-state index in [1.54, 1.807) is 6.33 Å². The Balaban J connectivity index is 1.77. The largest absolute Gasteiger partial charge is 0.372 e. The van der Waals surface area contributed by atoms with E-state index in [9.17, 15) is 0 Å². The quantitative estimate of drug-likeness (QED) is 0.883. The molecule has 1 N–H and O–H groups in total. The number of fused-ring (bicyclic) bond motifs is 2. The van der Waals surface area contributed by atoms with Crippen molar-refractivity contribution in [2.75, 3.05) is 12.4 Å². The van der Waals surface area contributed by atoms with Gasteiger partial charge in [-0.2, -0.15) is 0 Å². The second kappa shape index (κ2) is 5.04. The molecule has 6 nitrogen and oxygen atoms in total. The van der Waals surface area contributed by atoms with E-state index in [2.05, 4.69) is 38.7 Å². The highest BCUT2D eigenvalue weighted by molar-refractivity contribution is 5.87. The molecule has 0 radical (unpaired) electrons. The average Bonchev–Trinajstić information content (AvgIpc) is 3.17. The second-order valence-electron chi connectivity index (χ2n) is 6.70. The molecule has 1 saturated heterocycles. The molecule has 0 amide bonds. The van der Waals surface area contributed by atoms with Gasteiger partial charge in [-0.15, -0.1) is 6.58 Å². The van der Waals surface area contributed by atoms with E-state index in [0.29, 0.717) is 0 Å². The Hall–Kier alpha value is -1.92. The van der Waals surface area contributed by atoms with Gasteiger partial charge in [-0.3, -0.25) is 0 Å². The maximum absolute atomic E-state index is 6.20. The van der Waals surface area contributed by atoms with Gasteiger partial charge in [-0.25, -0.2) is 9.97 Å². The molecule has 1 aliphatic heterocycles. The lowest BCUT2D eigenvalue weighted by molar-refractivity contribution is -0.158. The highest BCUT2D eigenvalue weighted by atomic mass is 16.8. The Labute approximate surface area is 135 Å². The molecule has 0 aromatic carbocycles. The molecule has 4 rings (SSSR count). The Bertz CT molecular complexity index is 754. The van der Waals surface area contributed by atoms with Crippen molar-refractivity contribution in [3.05, 3.63) is 31.2 Å². The van der Waals surface area contributed by atoms with Crippen LogP contribution < -0.4 is 5.32 Å². The van der Waals surface area contributed by atoms with Gasteiger partial charge in [0.15, 0.2) is 5.79 Å². The van der Waals surface area contributed by atoms with Crippen molar-refractivity contribution >= 4 is 16.9 Å². The number of nitrogens with zero attached hydrogens (tertiary/aromatic N) is 3. The molecular formula is C17H22N4O2. The highest BCUT2D eigenvalue weighted by Crippen LogP contribution is 2.48. The van der Waals surface area contributed by atoms with E-state index in [1.165, 1.54) is 0 Å². The molecule has 0 bridgehead atoms. The lowest BCUT2D eigenvalue weighted by Gasteiger charge is -2.24. The summed E-state index contributed by atoms with van der Waals surface area (Å²) in [5, 5.41) is 4.14. The summed E-state index contributed by atoms with van der Waals surface area (Å²) in [4.78, 5) is 8.76. The SMILES string of the molecule is C=C[C@H]1C[C@@H](n2ccc3c(NC)ncnc32)[C@@H]2OC(C)(C)O[C@@H]21. The molecule has 3 heterocycles. The molecule has 122 valence electrons. The summed E-state index contributed by atoms with van der Waals surface area (Å²) in [6.45, 7) is 7.92. The van der Waals surface area contributed by atoms with Crippen LogP contribution in [0.5, 0.6) is 0 Å². The Morgan fingerprint density at radius 3 is 2.87 bits per heavy atom. The van der Waals surface area contributed by atoms with E-state index < -0.39 is 5.79 Å². The van der Waals surface area contributed by atoms with Gasteiger partial charge in [0, 0.05) is 19.2 Å². The van der Waals surface area contributed by atoms with Crippen molar-refractivity contribution in [2.24, 2.45) is 5.92 Å². The number of aromatic nitrogens is 3. The van der Waals surface area contributed by atoms with Gasteiger partial charge in [0.1, 0.15) is 23.9 Å². The predicted octanol–water partition coefficient (Wildman–Crippen LogP) is 2.74. The zero-order valence-electron chi connectivity index (χ0n) is 13.7. The Morgan fingerprint density at radius 1 is 1.35 bits per heavy atom. The first-order valence-electron chi connectivity index (χ1n) is 8.01. The molecule has 2 fully saturated rings. The van der Waals surface area contributed by atoms with Crippen LogP contribution in [0.25, 0.3) is 11.0 Å². The van der Waals surface area contributed by atoms with E-state index >= 15 is 0 Å². The van der Waals surface area contributed by atoms with Crippen molar-refractivity contribution < 1.29 is 9.47 Å². The van der Waals surface area contributed by atoms with Gasteiger partial charge in [0.05, 0.1) is 17.5 Å². The number of hydrogen-bond donors (Lipinski definition) is 1. The first-order chi connectivity index (χ1) is 11.0. The molecule has 0 spiro atoms. The maximum Gasteiger partial charge on any atom is 0.163 e. The van der Waals surface area contributed by atoms with Crippen LogP contribution in [-0.2, 0) is 9.47 Å². The number of anilines is 1. The summed E-state index contributed by atoms with van der Waals surface area (Å²) < 4.78 is 14.5. The van der Waals surface area contributed by atoms with Crippen LogP contribution in [0.15, 0.2) is 31.2 Å². The van der Waals surface area contributed by atoms with E-state index in [4.69, 9.17) is 9.47 Å². The van der Waals surface area contributed by atoms with Gasteiger partial charge >= 0.3 is 0 Å². The number of ether oxygens (including phenoxy) is 2. The molecule has 23 heavy (non-hydrogen) atoms. The third-order valence-electron chi connectivity index (χ3n) is 4.88. The standard InChI is InChI=1S/C17H22N4O2/c1-5-10-8-12(14-13(10)22-17(2,3)23-14)21-7-6-11-15(18-4)19-9-20-16(11)21/h5-7,9-10,12-14H,1,8H2,2-4H3,(H,18,19,20)/t10-,12+,13+,14-/m0/s1. The van der Waals surface area contributed by atoms with Crippen LogP contribution in [0.1, 0.15) is 26.3 Å². The minimum absolute atomic E-state index is 0.0107. The number of nitrogens with one attached hydrogen (secondary N) is 1. The van der Waals surface area contributed by atoms with Crippen LogP contribution >= 0.6 is 0 Å². The van der Waals surface area contributed by atoms with Crippen LogP contribution in [0.3, 0.4) is 0 Å². The molecule has 2 aromatic rings. The maximum atomic E-state index is 6.20. The minimum Gasteiger partial charge on any atom is -0.372 e. The molecule has 1 saturated carbocycles. The average molecular weight is 314 g/mol. The third kappa shape index (κ3) is 2.16. The lowest BCUT2D eigenvalue weighted by atomic mass is 10.1. The zero-order chi connectivity index (χ0) is 16.2. The van der Waals surface area contributed by atoms with Gasteiger partial charge in [-0.1, -0.05) is 6.08 Å². The summed E-state index contributed by atoms with van der Waals surface area (Å²) in [7, 11) is 1.87. The summed E-state index contributed by atoms with van der Waals surface area (Å²) in [5.74, 6) is 0.575. The predicted molar refractivity (Wildman–Crippen MR) is 88.2 cm³/mol. The van der Waals surface area contributed by atoms with Crippen LogP contribution in [0.2, 0.25) is 0 Å². The monoisotopic (exact) mass is 314 g/mol. The topological polar surface area (TPSA) is 61.2 Å². The summed E-state index contributed by atoms with van der Waals surface area (Å²) in [6, 6.07) is 2.24. The molecule has 4 atom stereocenters. The van der Waals surface area contributed by atoms with E-state index in [0.717, 1.165) is 23.3 Å². The number of hydrogen-bond acceptors (Lipinski definition) is 5. The lowest BCUT2D eigenvalue weighted by Crippen LogP contribution is -2.27. The van der Waals surface area contributed by atoms with Gasteiger partial charge in [0.2, 0.25) is 0 Å². The van der Waals surface area contributed by atoms with Crippen LogP contribution in [0.4, 0.5) is 5.82 Å². The van der Waals surface area contributed by atoms with Gasteiger partial charge in [-0.05, 0) is 26.3 Å². The molecule has 2 aliphatic rings. The molecule has 6 heteroatoms. The molecule has 0 unspecified atom stereocenters. The molecular weight excluding hydrogens is 292 g/mol. The van der Waals surface area contributed by atoms with Gasteiger partial charge < -0.3 is 19.4 Å². The van der Waals surface area contributed by atoms with E-state index in [-0.39, 0.29) is 24.2 Å². The first-order valence-corrected chi connectivity index (χ1v) is 8.01. The van der Waals surface area contributed by atoms with Crippen molar-refractivity contribution in [2.45, 2.75) is 44.3 Å². The fraction of sp³-hybridized carbons (Fsp3) is 0.529. The zero-order valence-corrected chi connectivity index (χ0v) is 13.7. The summed E-state index contributed by atoms with van der Waals surface area (Å²) >= 11 is 0. The normalized spacial score (nSPS) is 32.1. The van der Waals surface area contributed by atoms with Crippen molar-refractivity contribution in [3.8, 4) is 0 Å². The fourth-order valence-corrected chi connectivity index (χ4v) is 3.93. The summed E-state index contributed by atoms with van der Waals surface area (Å²) in [5.41, 5.74) is 0.922. The van der Waals surface area contributed by atoms with Crippen LogP contribution in [-0.4, -0.2) is 39.6 Å². The van der Waals surface area contributed by atoms with E-state index in [1.807, 2.05) is 27.0 Å². The van der Waals surface area contributed by atoms with Crippen molar-refractivity contribution in [3.63, 3.8) is 0 Å². The fourth-order valence-electron chi connectivity index (χ4n) is 3.93. The first kappa shape index (κ1) is 14.7. The second-order valence-corrected chi connectivity index (χ2v) is 6.70. The minimum atomic E-state index is -0.552. The Kier molecular flexibility index (Phi) is 3.21.